The lowest BCUT2D eigenvalue weighted by Crippen LogP contribution is -1.95. The van der Waals surface area contributed by atoms with Gasteiger partial charge in [0.15, 0.2) is 0 Å². The molecule has 2 nitrogen and oxygen atoms in total. The molecule has 0 aromatic heterocycles. The fourth-order valence-corrected chi connectivity index (χ4v) is 1.87. The predicted octanol–water partition coefficient (Wildman–Crippen LogP) is 3.60. The first kappa shape index (κ1) is 10.8. The first-order valence-electron chi connectivity index (χ1n) is 4.91. The fourth-order valence-electron chi connectivity index (χ4n) is 1.64. The van der Waals surface area contributed by atoms with E-state index in [1.807, 2.05) is 42.5 Å². The number of hydrogen-bond donors (Lipinski definition) is 1. The van der Waals surface area contributed by atoms with Crippen molar-refractivity contribution in [2.45, 2.75) is 0 Å². The van der Waals surface area contributed by atoms with E-state index in [0.29, 0.717) is 16.5 Å². The minimum absolute atomic E-state index is 0.609. The molecule has 82 valence electrons. The Balaban J connectivity index is 2.61. The molecular weight excluding hydrogens is 222 g/mol. The number of nitrogens with two attached hydrogens (primary N) is 1. The molecule has 3 heteroatoms. The number of halogens is 1. The zero-order chi connectivity index (χ0) is 11.5. The first-order valence-corrected chi connectivity index (χ1v) is 5.29. The quantitative estimate of drug-likeness (QED) is 0.805. The highest BCUT2D eigenvalue weighted by Crippen LogP contribution is 2.36. The van der Waals surface area contributed by atoms with Gasteiger partial charge >= 0.3 is 0 Å². The Hall–Kier alpha value is -1.67. The number of nitrogen functional groups attached to an aromatic ring is 1. The van der Waals surface area contributed by atoms with Gasteiger partial charge in [-0.05, 0) is 12.1 Å². The van der Waals surface area contributed by atoms with Crippen LogP contribution >= 0.6 is 11.6 Å². The molecule has 0 heterocycles. The molecule has 0 fully saturated rings. The maximum absolute atomic E-state index is 6.13. The van der Waals surface area contributed by atoms with Crippen molar-refractivity contribution in [2.24, 2.45) is 0 Å². The molecule has 0 aliphatic heterocycles. The van der Waals surface area contributed by atoms with E-state index < -0.39 is 0 Å². The zero-order valence-electron chi connectivity index (χ0n) is 8.91. The van der Waals surface area contributed by atoms with Gasteiger partial charge in [0.25, 0.3) is 0 Å². The van der Waals surface area contributed by atoms with E-state index in [0.717, 1.165) is 11.1 Å². The van der Waals surface area contributed by atoms with Gasteiger partial charge in [0, 0.05) is 16.1 Å². The molecule has 0 amide bonds. The number of hydrogen-bond acceptors (Lipinski definition) is 2. The smallest absolute Gasteiger partial charge is 0.142 e. The second kappa shape index (κ2) is 4.45. The van der Waals surface area contributed by atoms with Crippen molar-refractivity contribution in [3.05, 3.63) is 47.5 Å². The van der Waals surface area contributed by atoms with Gasteiger partial charge in [0.1, 0.15) is 5.75 Å². The van der Waals surface area contributed by atoms with E-state index in [1.165, 1.54) is 0 Å². The average molecular weight is 234 g/mol. The van der Waals surface area contributed by atoms with Gasteiger partial charge < -0.3 is 10.5 Å². The van der Waals surface area contributed by atoms with Crippen molar-refractivity contribution in [3.63, 3.8) is 0 Å². The Bertz CT molecular complexity index is 511. The molecule has 0 bridgehead atoms. The van der Waals surface area contributed by atoms with Crippen LogP contribution < -0.4 is 10.5 Å². The highest BCUT2D eigenvalue weighted by atomic mass is 35.5. The Morgan fingerprint density at radius 3 is 2.38 bits per heavy atom. The lowest BCUT2D eigenvalue weighted by atomic mass is 10.0. The van der Waals surface area contributed by atoms with Gasteiger partial charge in [-0.1, -0.05) is 41.9 Å². The number of para-hydroxylation sites is 1. The molecule has 0 spiro atoms. The third-order valence-electron chi connectivity index (χ3n) is 2.45. The van der Waals surface area contributed by atoms with Crippen molar-refractivity contribution >= 4 is 17.3 Å². The van der Waals surface area contributed by atoms with Crippen LogP contribution in [0.2, 0.25) is 5.02 Å². The summed E-state index contributed by atoms with van der Waals surface area (Å²) in [7, 11) is 1.60. The maximum atomic E-state index is 6.13. The summed E-state index contributed by atoms with van der Waals surface area (Å²) in [5, 5.41) is 0.683. The number of anilines is 1. The molecule has 0 saturated carbocycles. The van der Waals surface area contributed by atoms with Crippen LogP contribution in [0.5, 0.6) is 5.75 Å². The van der Waals surface area contributed by atoms with Gasteiger partial charge in [-0.15, -0.1) is 0 Å². The lowest BCUT2D eigenvalue weighted by molar-refractivity contribution is 0.417. The van der Waals surface area contributed by atoms with Crippen LogP contribution in [-0.2, 0) is 0 Å². The third-order valence-corrected chi connectivity index (χ3v) is 2.78. The molecular formula is C13H12ClNO. The molecule has 0 aliphatic rings. The molecule has 2 aromatic rings. The van der Waals surface area contributed by atoms with Crippen molar-refractivity contribution in [3.8, 4) is 16.9 Å². The molecule has 2 aromatic carbocycles. The van der Waals surface area contributed by atoms with Crippen molar-refractivity contribution in [2.75, 3.05) is 12.8 Å². The Labute approximate surface area is 99.6 Å². The molecule has 0 saturated heterocycles. The van der Waals surface area contributed by atoms with E-state index in [1.54, 1.807) is 7.11 Å². The molecule has 16 heavy (non-hydrogen) atoms. The van der Waals surface area contributed by atoms with Crippen LogP contribution in [0.25, 0.3) is 11.1 Å². The van der Waals surface area contributed by atoms with Gasteiger partial charge in [-0.3, -0.25) is 0 Å². The molecule has 0 atom stereocenters. The molecule has 0 aliphatic carbocycles. The predicted molar refractivity (Wildman–Crippen MR) is 67.9 cm³/mol. The fraction of sp³-hybridized carbons (Fsp3) is 0.0769. The number of benzene rings is 2. The highest BCUT2D eigenvalue weighted by molar-refractivity contribution is 6.33. The Morgan fingerprint density at radius 1 is 1.00 bits per heavy atom. The van der Waals surface area contributed by atoms with Gasteiger partial charge in [0.2, 0.25) is 0 Å². The summed E-state index contributed by atoms with van der Waals surface area (Å²) in [6.07, 6.45) is 0. The first-order chi connectivity index (χ1) is 7.74. The van der Waals surface area contributed by atoms with E-state index in [9.17, 15) is 0 Å². The summed E-state index contributed by atoms with van der Waals surface area (Å²) >= 11 is 6.13. The van der Waals surface area contributed by atoms with Crippen molar-refractivity contribution in [1.82, 2.24) is 0 Å². The minimum Gasteiger partial charge on any atom is -0.495 e. The number of ether oxygens (including phenoxy) is 1. The molecule has 2 N–H and O–H groups in total. The van der Waals surface area contributed by atoms with E-state index in [-0.39, 0.29) is 0 Å². The van der Waals surface area contributed by atoms with E-state index in [4.69, 9.17) is 22.1 Å². The SMILES string of the molecule is COc1cccc(-c2ccccc2Cl)c1N. The summed E-state index contributed by atoms with van der Waals surface area (Å²) < 4.78 is 5.18. The summed E-state index contributed by atoms with van der Waals surface area (Å²) in [5.41, 5.74) is 8.43. The van der Waals surface area contributed by atoms with Crippen LogP contribution in [0.15, 0.2) is 42.5 Å². The van der Waals surface area contributed by atoms with Crippen molar-refractivity contribution in [1.29, 1.82) is 0 Å². The van der Waals surface area contributed by atoms with E-state index in [2.05, 4.69) is 0 Å². The van der Waals surface area contributed by atoms with Gasteiger partial charge in [-0.25, -0.2) is 0 Å². The summed E-state index contributed by atoms with van der Waals surface area (Å²) in [5.74, 6) is 0.664. The average Bonchev–Trinajstić information content (AvgIpc) is 2.31. The summed E-state index contributed by atoms with van der Waals surface area (Å²) in [6.45, 7) is 0. The maximum Gasteiger partial charge on any atom is 0.142 e. The van der Waals surface area contributed by atoms with Crippen LogP contribution in [0.4, 0.5) is 5.69 Å². The normalized spacial score (nSPS) is 10.1. The topological polar surface area (TPSA) is 35.2 Å². The Kier molecular flexibility index (Phi) is 3.02. The summed E-state index contributed by atoms with van der Waals surface area (Å²) in [4.78, 5) is 0. The largest absolute Gasteiger partial charge is 0.495 e. The molecule has 0 unspecified atom stereocenters. The van der Waals surface area contributed by atoms with E-state index >= 15 is 0 Å². The van der Waals surface area contributed by atoms with Gasteiger partial charge in [0.05, 0.1) is 12.8 Å². The number of rotatable bonds is 2. The van der Waals surface area contributed by atoms with Crippen LogP contribution in [0, 0.1) is 0 Å². The number of methoxy groups -OCH3 is 1. The molecule has 0 radical (unpaired) electrons. The van der Waals surface area contributed by atoms with Crippen molar-refractivity contribution < 1.29 is 4.74 Å². The Morgan fingerprint density at radius 2 is 1.69 bits per heavy atom. The second-order valence-electron chi connectivity index (χ2n) is 3.40. The van der Waals surface area contributed by atoms with Crippen LogP contribution in [0.1, 0.15) is 0 Å². The summed E-state index contributed by atoms with van der Waals surface area (Å²) in [6, 6.07) is 13.3. The monoisotopic (exact) mass is 233 g/mol. The lowest BCUT2D eigenvalue weighted by Gasteiger charge is -2.11. The molecule has 2 rings (SSSR count). The third kappa shape index (κ3) is 1.84. The van der Waals surface area contributed by atoms with Crippen LogP contribution in [-0.4, -0.2) is 7.11 Å². The highest BCUT2D eigenvalue weighted by Gasteiger charge is 2.09. The standard InChI is InChI=1S/C13H12ClNO/c1-16-12-8-4-6-10(13(12)15)9-5-2-3-7-11(9)14/h2-8H,15H2,1H3. The zero-order valence-corrected chi connectivity index (χ0v) is 9.66. The van der Waals surface area contributed by atoms with Gasteiger partial charge in [-0.2, -0.15) is 0 Å². The van der Waals surface area contributed by atoms with Crippen LogP contribution in [0.3, 0.4) is 0 Å². The second-order valence-corrected chi connectivity index (χ2v) is 3.81. The minimum atomic E-state index is 0.609.